The van der Waals surface area contributed by atoms with Crippen LogP contribution in [0.5, 0.6) is 0 Å². The minimum absolute atomic E-state index is 0.00420. The van der Waals surface area contributed by atoms with Crippen LogP contribution in [0, 0.1) is 0 Å². The molecule has 0 unspecified atom stereocenters. The molecule has 0 fully saturated rings. The Morgan fingerprint density at radius 3 is 2.44 bits per heavy atom. The van der Waals surface area contributed by atoms with E-state index in [0.29, 0.717) is 5.56 Å². The van der Waals surface area contributed by atoms with Gasteiger partial charge in [0.15, 0.2) is 0 Å². The van der Waals surface area contributed by atoms with Crippen LogP contribution in [0.2, 0.25) is 0 Å². The highest BCUT2D eigenvalue weighted by molar-refractivity contribution is 5.68. The van der Waals surface area contributed by atoms with Gasteiger partial charge in [-0.2, -0.15) is 0 Å². The summed E-state index contributed by atoms with van der Waals surface area (Å²) in [5, 5.41) is 13.0. The highest BCUT2D eigenvalue weighted by Crippen LogP contribution is 2.18. The van der Waals surface area contributed by atoms with Gasteiger partial charge in [-0.25, -0.2) is 9.59 Å². The summed E-state index contributed by atoms with van der Waals surface area (Å²) in [6.45, 7) is 8.30. The molecule has 138 valence electrons. The predicted molar refractivity (Wildman–Crippen MR) is 92.1 cm³/mol. The summed E-state index contributed by atoms with van der Waals surface area (Å²) in [4.78, 5) is 23.5. The van der Waals surface area contributed by atoms with E-state index in [1.165, 1.54) is 6.08 Å². The highest BCUT2D eigenvalue weighted by atomic mass is 16.7. The molecule has 0 aliphatic heterocycles. The van der Waals surface area contributed by atoms with Gasteiger partial charge in [-0.05, 0) is 26.3 Å². The van der Waals surface area contributed by atoms with Crippen molar-refractivity contribution in [1.29, 1.82) is 0 Å². The fraction of sp³-hybridized carbons (Fsp3) is 0.444. The second kappa shape index (κ2) is 9.68. The van der Waals surface area contributed by atoms with Crippen LogP contribution < -0.4 is 5.32 Å². The van der Waals surface area contributed by atoms with Crippen molar-refractivity contribution >= 4 is 12.2 Å². The predicted octanol–water partition coefficient (Wildman–Crippen LogP) is 2.95. The molecule has 0 saturated heterocycles. The number of ether oxygens (including phenoxy) is 3. The average molecular weight is 351 g/mol. The number of alkyl carbamates (subject to hydrolysis) is 1. The van der Waals surface area contributed by atoms with Crippen LogP contribution in [0.1, 0.15) is 32.4 Å². The van der Waals surface area contributed by atoms with Gasteiger partial charge in [-0.1, -0.05) is 43.0 Å². The fourth-order valence-corrected chi connectivity index (χ4v) is 1.88. The third-order valence-electron chi connectivity index (χ3n) is 2.92. The van der Waals surface area contributed by atoms with Crippen molar-refractivity contribution in [3.63, 3.8) is 0 Å². The zero-order chi connectivity index (χ0) is 18.9. The molecule has 0 aliphatic rings. The van der Waals surface area contributed by atoms with E-state index in [-0.39, 0.29) is 13.2 Å². The summed E-state index contributed by atoms with van der Waals surface area (Å²) >= 11 is 0. The van der Waals surface area contributed by atoms with Crippen molar-refractivity contribution in [3.05, 3.63) is 48.6 Å². The van der Waals surface area contributed by atoms with E-state index in [1.54, 1.807) is 51.1 Å². The Kier molecular flexibility index (Phi) is 7.94. The molecule has 1 aromatic rings. The zero-order valence-electron chi connectivity index (χ0n) is 14.7. The molecule has 25 heavy (non-hydrogen) atoms. The van der Waals surface area contributed by atoms with Crippen LogP contribution in [0.15, 0.2) is 43.0 Å². The van der Waals surface area contributed by atoms with Gasteiger partial charge in [-0.15, -0.1) is 0 Å². The third-order valence-corrected chi connectivity index (χ3v) is 2.92. The minimum atomic E-state index is -1.10. The van der Waals surface area contributed by atoms with Crippen LogP contribution in [0.3, 0.4) is 0 Å². The lowest BCUT2D eigenvalue weighted by Gasteiger charge is -2.26. The molecule has 1 aromatic carbocycles. The molecule has 0 saturated carbocycles. The molecule has 0 heterocycles. The Labute approximate surface area is 147 Å². The number of rotatable bonds is 7. The number of amides is 1. The van der Waals surface area contributed by atoms with Crippen molar-refractivity contribution in [1.82, 2.24) is 5.32 Å². The first-order valence-electron chi connectivity index (χ1n) is 7.86. The van der Waals surface area contributed by atoms with E-state index < -0.39 is 30.0 Å². The number of aliphatic hydroxyl groups is 1. The first-order valence-corrected chi connectivity index (χ1v) is 7.86. The van der Waals surface area contributed by atoms with E-state index in [1.807, 2.05) is 0 Å². The van der Waals surface area contributed by atoms with E-state index in [2.05, 4.69) is 11.9 Å². The Morgan fingerprint density at radius 1 is 1.24 bits per heavy atom. The average Bonchev–Trinajstić information content (AvgIpc) is 2.55. The van der Waals surface area contributed by atoms with Gasteiger partial charge in [0.05, 0.1) is 6.04 Å². The van der Waals surface area contributed by atoms with E-state index in [4.69, 9.17) is 14.2 Å². The van der Waals surface area contributed by atoms with Crippen LogP contribution in [0.25, 0.3) is 0 Å². The van der Waals surface area contributed by atoms with E-state index in [9.17, 15) is 14.7 Å². The van der Waals surface area contributed by atoms with Crippen LogP contribution in [-0.4, -0.2) is 42.2 Å². The fourth-order valence-electron chi connectivity index (χ4n) is 1.88. The number of benzene rings is 1. The summed E-state index contributed by atoms with van der Waals surface area (Å²) in [5.74, 6) is 0. The largest absolute Gasteiger partial charge is 0.508 e. The first-order chi connectivity index (χ1) is 11.7. The SMILES string of the molecule is C=CCOC(=O)OC[C@@H](NC(=O)OC(C)(C)C)[C@H](O)c1ccccc1. The van der Waals surface area contributed by atoms with Gasteiger partial charge < -0.3 is 24.6 Å². The first kappa shape index (κ1) is 20.5. The van der Waals surface area contributed by atoms with Gasteiger partial charge in [0.1, 0.15) is 24.9 Å². The zero-order valence-corrected chi connectivity index (χ0v) is 14.7. The Bertz CT molecular complexity index is 567. The summed E-state index contributed by atoms with van der Waals surface area (Å²) in [5.41, 5.74) is -0.137. The monoisotopic (exact) mass is 351 g/mol. The topological polar surface area (TPSA) is 94.1 Å². The molecule has 0 spiro atoms. The lowest BCUT2D eigenvalue weighted by atomic mass is 10.0. The molecule has 2 N–H and O–H groups in total. The quantitative estimate of drug-likeness (QED) is 0.579. The van der Waals surface area contributed by atoms with Crippen LogP contribution in [-0.2, 0) is 14.2 Å². The van der Waals surface area contributed by atoms with Crippen molar-refractivity contribution in [3.8, 4) is 0 Å². The van der Waals surface area contributed by atoms with Crippen molar-refractivity contribution in [2.75, 3.05) is 13.2 Å². The molecule has 1 rings (SSSR count). The Hall–Kier alpha value is -2.54. The molecule has 2 atom stereocenters. The molecular weight excluding hydrogens is 326 g/mol. The Morgan fingerprint density at radius 2 is 1.88 bits per heavy atom. The van der Waals surface area contributed by atoms with Crippen molar-refractivity contribution < 1.29 is 28.9 Å². The summed E-state index contributed by atoms with van der Waals surface area (Å²) in [6, 6.07) is 7.79. The van der Waals surface area contributed by atoms with Crippen LogP contribution in [0.4, 0.5) is 9.59 Å². The molecule has 7 heteroatoms. The lowest BCUT2D eigenvalue weighted by Crippen LogP contribution is -2.45. The number of aliphatic hydroxyl groups excluding tert-OH is 1. The molecular formula is C18H25NO6. The number of carbonyl (C=O) groups excluding carboxylic acids is 2. The number of hydrogen-bond acceptors (Lipinski definition) is 6. The minimum Gasteiger partial charge on any atom is -0.444 e. The number of hydrogen-bond donors (Lipinski definition) is 2. The maximum absolute atomic E-state index is 12.0. The summed E-state index contributed by atoms with van der Waals surface area (Å²) < 4.78 is 14.8. The molecule has 0 aliphatic carbocycles. The van der Waals surface area contributed by atoms with Gasteiger partial charge in [0.2, 0.25) is 0 Å². The molecule has 1 amide bonds. The third kappa shape index (κ3) is 8.21. The number of carbonyl (C=O) groups is 2. The molecule has 0 bridgehead atoms. The standard InChI is InChI=1S/C18H25NO6/c1-5-11-23-17(22)24-12-14(19-16(21)25-18(2,3)4)15(20)13-9-7-6-8-10-13/h5-10,14-15,20H,1,11-12H2,2-4H3,(H,19,21)/t14-,15-/m1/s1. The lowest BCUT2D eigenvalue weighted by molar-refractivity contribution is 0.0180. The molecule has 7 nitrogen and oxygen atoms in total. The smallest absolute Gasteiger partial charge is 0.444 e. The summed E-state index contributed by atoms with van der Waals surface area (Å²) in [7, 11) is 0. The summed E-state index contributed by atoms with van der Waals surface area (Å²) in [6.07, 6.45) is -1.34. The second-order valence-corrected chi connectivity index (χ2v) is 6.27. The van der Waals surface area contributed by atoms with Gasteiger partial charge in [-0.3, -0.25) is 0 Å². The van der Waals surface area contributed by atoms with Gasteiger partial charge in [0, 0.05) is 0 Å². The maximum Gasteiger partial charge on any atom is 0.508 e. The molecule has 0 aromatic heterocycles. The number of nitrogens with one attached hydrogen (secondary N) is 1. The van der Waals surface area contributed by atoms with E-state index >= 15 is 0 Å². The Balaban J connectivity index is 2.77. The second-order valence-electron chi connectivity index (χ2n) is 6.27. The normalized spacial score (nSPS) is 13.3. The highest BCUT2D eigenvalue weighted by Gasteiger charge is 2.27. The van der Waals surface area contributed by atoms with Gasteiger partial charge >= 0.3 is 12.2 Å². The van der Waals surface area contributed by atoms with E-state index in [0.717, 1.165) is 0 Å². The van der Waals surface area contributed by atoms with Crippen LogP contribution >= 0.6 is 0 Å². The van der Waals surface area contributed by atoms with Gasteiger partial charge in [0.25, 0.3) is 0 Å². The van der Waals surface area contributed by atoms with Crippen molar-refractivity contribution in [2.24, 2.45) is 0 Å². The van der Waals surface area contributed by atoms with Crippen molar-refractivity contribution in [2.45, 2.75) is 38.5 Å². The maximum atomic E-state index is 12.0. The molecule has 0 radical (unpaired) electrons.